The summed E-state index contributed by atoms with van der Waals surface area (Å²) in [6, 6.07) is 12.3. The fraction of sp³-hybridized carbons (Fsp3) is 0.286. The fourth-order valence-corrected chi connectivity index (χ4v) is 1.48. The van der Waals surface area contributed by atoms with Crippen LogP contribution in [0.15, 0.2) is 47.1 Å². The van der Waals surface area contributed by atoms with E-state index < -0.39 is 0 Å². The Balaban J connectivity index is 2.37. The van der Waals surface area contributed by atoms with E-state index in [1.807, 2.05) is 24.5 Å². The second kappa shape index (κ2) is 3.58. The topological polar surface area (TPSA) is 13.1 Å². The monoisotopic (exact) mass is 200 g/mol. The normalized spacial score (nSPS) is 11.7. The van der Waals surface area contributed by atoms with Crippen molar-refractivity contribution >= 4 is 0 Å². The largest absolute Gasteiger partial charge is 0.464 e. The summed E-state index contributed by atoms with van der Waals surface area (Å²) in [5, 5.41) is 0. The highest BCUT2D eigenvalue weighted by molar-refractivity contribution is 5.58. The predicted molar refractivity (Wildman–Crippen MR) is 62.8 cm³/mol. The quantitative estimate of drug-likeness (QED) is 0.671. The van der Waals surface area contributed by atoms with E-state index in [1.54, 1.807) is 0 Å². The molecule has 1 heteroatoms. The molecular weight excluding hydrogens is 184 g/mol. The molecule has 0 N–H and O–H groups in total. The molecule has 1 aromatic heterocycles. The Bertz CT molecular complexity index is 432. The lowest BCUT2D eigenvalue weighted by molar-refractivity contribution is 0.544. The maximum atomic E-state index is 5.58. The van der Waals surface area contributed by atoms with Gasteiger partial charge in [-0.1, -0.05) is 51.1 Å². The molecule has 0 saturated heterocycles. The first-order valence-electron chi connectivity index (χ1n) is 5.22. The zero-order valence-corrected chi connectivity index (χ0v) is 9.45. The third kappa shape index (κ3) is 2.12. The molecule has 78 valence electrons. The van der Waals surface area contributed by atoms with E-state index >= 15 is 0 Å². The molecule has 0 saturated carbocycles. The van der Waals surface area contributed by atoms with Gasteiger partial charge >= 0.3 is 0 Å². The first-order chi connectivity index (χ1) is 7.07. The summed E-state index contributed by atoms with van der Waals surface area (Å²) in [7, 11) is 0. The van der Waals surface area contributed by atoms with Gasteiger partial charge in [0.2, 0.25) is 0 Å². The lowest BCUT2D eigenvalue weighted by Crippen LogP contribution is -2.08. The van der Waals surface area contributed by atoms with Crippen molar-refractivity contribution in [2.24, 2.45) is 0 Å². The Labute approximate surface area is 90.7 Å². The van der Waals surface area contributed by atoms with Gasteiger partial charge in [0.25, 0.3) is 0 Å². The lowest BCUT2D eigenvalue weighted by atomic mass is 9.89. The van der Waals surface area contributed by atoms with E-state index in [0.717, 1.165) is 11.3 Å². The highest BCUT2D eigenvalue weighted by Crippen LogP contribution is 2.29. The first-order valence-corrected chi connectivity index (χ1v) is 5.22. The number of benzene rings is 1. The molecule has 0 atom stereocenters. The van der Waals surface area contributed by atoms with Gasteiger partial charge in [0, 0.05) is 5.56 Å². The van der Waals surface area contributed by atoms with Crippen LogP contribution in [0, 0.1) is 0 Å². The van der Waals surface area contributed by atoms with Crippen LogP contribution in [0.5, 0.6) is 0 Å². The molecule has 0 unspecified atom stereocenters. The van der Waals surface area contributed by atoms with Crippen LogP contribution in [-0.2, 0) is 5.41 Å². The minimum atomic E-state index is 0.149. The molecular formula is C14H16O. The van der Waals surface area contributed by atoms with Crippen molar-refractivity contribution in [1.29, 1.82) is 0 Å². The van der Waals surface area contributed by atoms with Crippen LogP contribution < -0.4 is 0 Å². The molecule has 15 heavy (non-hydrogen) atoms. The van der Waals surface area contributed by atoms with Crippen molar-refractivity contribution in [2.75, 3.05) is 0 Å². The molecule has 1 aromatic carbocycles. The summed E-state index contributed by atoms with van der Waals surface area (Å²) in [5.41, 5.74) is 2.52. The van der Waals surface area contributed by atoms with Crippen LogP contribution >= 0.6 is 0 Å². The van der Waals surface area contributed by atoms with Gasteiger partial charge in [0.05, 0.1) is 6.26 Å². The van der Waals surface area contributed by atoms with E-state index in [2.05, 4.69) is 39.0 Å². The van der Waals surface area contributed by atoms with E-state index in [1.165, 1.54) is 5.56 Å². The van der Waals surface area contributed by atoms with Gasteiger partial charge in [0.1, 0.15) is 5.76 Å². The Kier molecular flexibility index (Phi) is 2.39. The number of rotatable bonds is 1. The van der Waals surface area contributed by atoms with Crippen molar-refractivity contribution in [1.82, 2.24) is 0 Å². The summed E-state index contributed by atoms with van der Waals surface area (Å²) in [6.07, 6.45) is 1.85. The van der Waals surface area contributed by atoms with Gasteiger partial charge in [-0.2, -0.15) is 0 Å². The van der Waals surface area contributed by atoms with Crippen molar-refractivity contribution in [2.45, 2.75) is 26.2 Å². The SMILES string of the molecule is CC(C)(C)c1coc(-c2ccccc2)c1. The van der Waals surface area contributed by atoms with Crippen molar-refractivity contribution in [3.63, 3.8) is 0 Å². The van der Waals surface area contributed by atoms with Crippen molar-refractivity contribution < 1.29 is 4.42 Å². The van der Waals surface area contributed by atoms with Crippen molar-refractivity contribution in [3.8, 4) is 11.3 Å². The standard InChI is InChI=1S/C14H16O/c1-14(2,3)12-9-13(15-10-12)11-7-5-4-6-8-11/h4-10H,1-3H3. The molecule has 0 aliphatic carbocycles. The van der Waals surface area contributed by atoms with E-state index in [-0.39, 0.29) is 5.41 Å². The second-order valence-corrected chi connectivity index (χ2v) is 4.82. The molecule has 0 radical (unpaired) electrons. The molecule has 0 bridgehead atoms. The van der Waals surface area contributed by atoms with Gasteiger partial charge in [-0.3, -0.25) is 0 Å². The zero-order valence-electron chi connectivity index (χ0n) is 9.45. The van der Waals surface area contributed by atoms with Crippen LogP contribution in [0.1, 0.15) is 26.3 Å². The highest BCUT2D eigenvalue weighted by Gasteiger charge is 2.16. The smallest absolute Gasteiger partial charge is 0.134 e. The average Bonchev–Trinajstić information content (AvgIpc) is 2.67. The highest BCUT2D eigenvalue weighted by atomic mass is 16.3. The van der Waals surface area contributed by atoms with Gasteiger partial charge in [-0.25, -0.2) is 0 Å². The Morgan fingerprint density at radius 2 is 1.67 bits per heavy atom. The summed E-state index contributed by atoms with van der Waals surface area (Å²) in [6.45, 7) is 6.56. The minimum Gasteiger partial charge on any atom is -0.464 e. The lowest BCUT2D eigenvalue weighted by Gasteiger charge is -2.14. The molecule has 0 aliphatic heterocycles. The van der Waals surface area contributed by atoms with Crippen LogP contribution in [0.2, 0.25) is 0 Å². The maximum Gasteiger partial charge on any atom is 0.134 e. The summed E-state index contributed by atoms with van der Waals surface area (Å²) in [4.78, 5) is 0. The maximum absolute atomic E-state index is 5.58. The van der Waals surface area contributed by atoms with Crippen LogP contribution in [-0.4, -0.2) is 0 Å². The molecule has 2 rings (SSSR count). The van der Waals surface area contributed by atoms with Gasteiger partial charge in [-0.15, -0.1) is 0 Å². The van der Waals surface area contributed by atoms with E-state index in [0.29, 0.717) is 0 Å². The van der Waals surface area contributed by atoms with Crippen LogP contribution in [0.3, 0.4) is 0 Å². The fourth-order valence-electron chi connectivity index (χ4n) is 1.48. The molecule has 0 aliphatic rings. The van der Waals surface area contributed by atoms with Gasteiger partial charge in [0.15, 0.2) is 0 Å². The second-order valence-electron chi connectivity index (χ2n) is 4.82. The third-order valence-corrected chi connectivity index (χ3v) is 2.52. The van der Waals surface area contributed by atoms with Crippen LogP contribution in [0.4, 0.5) is 0 Å². The predicted octanol–water partition coefficient (Wildman–Crippen LogP) is 4.24. The Morgan fingerprint density at radius 1 is 1.00 bits per heavy atom. The minimum absolute atomic E-state index is 0.149. The number of furan rings is 1. The zero-order chi connectivity index (χ0) is 10.9. The molecule has 0 amide bonds. The Hall–Kier alpha value is -1.50. The van der Waals surface area contributed by atoms with Gasteiger partial charge < -0.3 is 4.42 Å². The molecule has 2 aromatic rings. The Morgan fingerprint density at radius 3 is 2.20 bits per heavy atom. The summed E-state index contributed by atoms with van der Waals surface area (Å²) in [5.74, 6) is 0.945. The number of hydrogen-bond donors (Lipinski definition) is 0. The average molecular weight is 200 g/mol. The summed E-state index contributed by atoms with van der Waals surface area (Å²) >= 11 is 0. The van der Waals surface area contributed by atoms with E-state index in [9.17, 15) is 0 Å². The number of hydrogen-bond acceptors (Lipinski definition) is 1. The molecule has 0 spiro atoms. The van der Waals surface area contributed by atoms with Gasteiger partial charge in [-0.05, 0) is 17.0 Å². The third-order valence-electron chi connectivity index (χ3n) is 2.52. The molecule has 1 nitrogen and oxygen atoms in total. The first kappa shape index (κ1) is 10.0. The molecule has 0 fully saturated rings. The molecule has 1 heterocycles. The van der Waals surface area contributed by atoms with E-state index in [4.69, 9.17) is 4.42 Å². The summed E-state index contributed by atoms with van der Waals surface area (Å²) < 4.78 is 5.58. The van der Waals surface area contributed by atoms with Crippen LogP contribution in [0.25, 0.3) is 11.3 Å². The van der Waals surface area contributed by atoms with Crippen molar-refractivity contribution in [3.05, 3.63) is 48.2 Å².